The lowest BCUT2D eigenvalue weighted by Crippen LogP contribution is -2.43. The van der Waals surface area contributed by atoms with Gasteiger partial charge in [-0.25, -0.2) is 0 Å². The number of morpholine rings is 1. The van der Waals surface area contributed by atoms with Gasteiger partial charge in [0.2, 0.25) is 5.95 Å². The first-order valence-electron chi connectivity index (χ1n) is 7.19. The Morgan fingerprint density at radius 3 is 2.90 bits per heavy atom. The second-order valence-electron chi connectivity index (χ2n) is 5.28. The molecule has 1 aromatic heterocycles. The molecule has 1 saturated heterocycles. The van der Waals surface area contributed by atoms with E-state index in [1.54, 1.807) is 0 Å². The topological polar surface area (TPSA) is 80.5 Å². The highest BCUT2D eigenvalue weighted by Gasteiger charge is 2.25. The maximum atomic E-state index is 10.7. The lowest BCUT2D eigenvalue weighted by Gasteiger charge is -2.33. The zero-order valence-electron chi connectivity index (χ0n) is 12.7. The normalized spacial score (nSPS) is 19.2. The van der Waals surface area contributed by atoms with Crippen molar-refractivity contribution in [2.24, 2.45) is 0 Å². The molecule has 0 spiro atoms. The van der Waals surface area contributed by atoms with E-state index in [0.29, 0.717) is 11.8 Å². The molecule has 0 aromatic carbocycles. The van der Waals surface area contributed by atoms with E-state index in [9.17, 15) is 4.79 Å². The van der Waals surface area contributed by atoms with Gasteiger partial charge >= 0.3 is 5.97 Å². The van der Waals surface area contributed by atoms with Crippen molar-refractivity contribution in [3.05, 3.63) is 0 Å². The van der Waals surface area contributed by atoms with Crippen LogP contribution in [-0.4, -0.2) is 57.4 Å². The summed E-state index contributed by atoms with van der Waals surface area (Å²) in [6.07, 6.45) is 1.18. The van der Waals surface area contributed by atoms with E-state index in [1.807, 2.05) is 4.57 Å². The molecular weight excluding hydrogens is 292 g/mol. The van der Waals surface area contributed by atoms with Gasteiger partial charge in [-0.05, 0) is 20.3 Å². The van der Waals surface area contributed by atoms with Crippen molar-refractivity contribution in [1.82, 2.24) is 14.8 Å². The Hall–Kier alpha value is -1.28. The molecule has 1 fully saturated rings. The van der Waals surface area contributed by atoms with E-state index in [0.717, 1.165) is 25.5 Å². The number of carboxylic acids is 1. The van der Waals surface area contributed by atoms with Crippen LogP contribution < -0.4 is 4.90 Å². The second-order valence-corrected chi connectivity index (χ2v) is 6.22. The molecule has 0 amide bonds. The van der Waals surface area contributed by atoms with E-state index >= 15 is 0 Å². The molecule has 118 valence electrons. The van der Waals surface area contributed by atoms with Crippen LogP contribution >= 0.6 is 11.8 Å². The highest BCUT2D eigenvalue weighted by atomic mass is 32.2. The highest BCUT2D eigenvalue weighted by molar-refractivity contribution is 7.99. The van der Waals surface area contributed by atoms with Crippen molar-refractivity contribution >= 4 is 23.7 Å². The zero-order chi connectivity index (χ0) is 15.4. The lowest BCUT2D eigenvalue weighted by molar-refractivity contribution is -0.133. The van der Waals surface area contributed by atoms with Gasteiger partial charge in [-0.15, -0.1) is 10.2 Å². The number of ether oxygens (including phenoxy) is 1. The molecule has 1 aromatic rings. The van der Waals surface area contributed by atoms with Gasteiger partial charge in [0, 0.05) is 19.1 Å². The fourth-order valence-corrected chi connectivity index (χ4v) is 3.09. The van der Waals surface area contributed by atoms with Gasteiger partial charge < -0.3 is 14.7 Å². The maximum Gasteiger partial charge on any atom is 0.313 e. The van der Waals surface area contributed by atoms with Gasteiger partial charge in [0.1, 0.15) is 0 Å². The molecule has 21 heavy (non-hydrogen) atoms. The Bertz CT molecular complexity index is 492. The Kier molecular flexibility index (Phi) is 5.46. The zero-order valence-corrected chi connectivity index (χ0v) is 13.5. The maximum absolute atomic E-state index is 10.7. The van der Waals surface area contributed by atoms with Crippen molar-refractivity contribution in [2.75, 3.05) is 30.3 Å². The summed E-state index contributed by atoms with van der Waals surface area (Å²) in [4.78, 5) is 12.9. The van der Waals surface area contributed by atoms with E-state index in [2.05, 4.69) is 35.9 Å². The van der Waals surface area contributed by atoms with Crippen LogP contribution in [0.4, 0.5) is 5.95 Å². The van der Waals surface area contributed by atoms with Gasteiger partial charge in [0.25, 0.3) is 0 Å². The molecule has 1 atom stereocenters. The fourth-order valence-electron chi connectivity index (χ4n) is 2.31. The predicted molar refractivity (Wildman–Crippen MR) is 81.0 cm³/mol. The molecule has 0 bridgehead atoms. The second kappa shape index (κ2) is 7.13. The number of nitrogens with zero attached hydrogens (tertiary/aromatic N) is 4. The average molecular weight is 314 g/mol. The summed E-state index contributed by atoms with van der Waals surface area (Å²) in [5.74, 6) is -0.0529. The number of hydrogen-bond acceptors (Lipinski definition) is 6. The number of anilines is 1. The van der Waals surface area contributed by atoms with Crippen molar-refractivity contribution in [2.45, 2.75) is 44.5 Å². The standard InChI is InChI=1S/C13H22N4O3S/c1-4-10-7-16(5-6-20-10)12-14-15-13(17(12)9(2)3)21-8-11(18)19/h9-10H,4-8H2,1-3H3,(H,18,19). The molecule has 2 rings (SSSR count). The molecule has 7 nitrogen and oxygen atoms in total. The first kappa shape index (κ1) is 16.1. The molecule has 1 N–H and O–H groups in total. The minimum atomic E-state index is -0.850. The summed E-state index contributed by atoms with van der Waals surface area (Å²) >= 11 is 1.21. The van der Waals surface area contributed by atoms with E-state index in [4.69, 9.17) is 9.84 Å². The first-order chi connectivity index (χ1) is 10.0. The van der Waals surface area contributed by atoms with Gasteiger partial charge in [-0.2, -0.15) is 0 Å². The monoisotopic (exact) mass is 314 g/mol. The van der Waals surface area contributed by atoms with Crippen molar-refractivity contribution in [3.63, 3.8) is 0 Å². The van der Waals surface area contributed by atoms with E-state index < -0.39 is 5.97 Å². The van der Waals surface area contributed by atoms with Crippen LogP contribution in [0.25, 0.3) is 0 Å². The number of thioether (sulfide) groups is 1. The van der Waals surface area contributed by atoms with E-state index in [-0.39, 0.29) is 17.9 Å². The van der Waals surface area contributed by atoms with Crippen LogP contribution in [0.5, 0.6) is 0 Å². The first-order valence-corrected chi connectivity index (χ1v) is 8.17. The third-order valence-electron chi connectivity index (χ3n) is 3.36. The average Bonchev–Trinajstić information content (AvgIpc) is 2.89. The van der Waals surface area contributed by atoms with Gasteiger partial charge in [0.15, 0.2) is 5.16 Å². The summed E-state index contributed by atoms with van der Waals surface area (Å²) in [6, 6.07) is 0.175. The molecule has 1 unspecified atom stereocenters. The Balaban J connectivity index is 2.20. The van der Waals surface area contributed by atoms with Crippen LogP contribution in [0.15, 0.2) is 5.16 Å². The van der Waals surface area contributed by atoms with Crippen LogP contribution in [0.1, 0.15) is 33.2 Å². The highest BCUT2D eigenvalue weighted by Crippen LogP contribution is 2.27. The quantitative estimate of drug-likeness (QED) is 0.800. The number of hydrogen-bond donors (Lipinski definition) is 1. The smallest absolute Gasteiger partial charge is 0.313 e. The molecule has 0 saturated carbocycles. The van der Waals surface area contributed by atoms with Crippen LogP contribution in [0, 0.1) is 0 Å². The molecule has 0 aliphatic carbocycles. The summed E-state index contributed by atoms with van der Waals surface area (Å²) in [5.41, 5.74) is 0. The Morgan fingerprint density at radius 2 is 2.29 bits per heavy atom. The molecule has 0 radical (unpaired) electrons. The minimum absolute atomic E-state index is 0.00838. The van der Waals surface area contributed by atoms with Crippen LogP contribution in [-0.2, 0) is 9.53 Å². The SMILES string of the molecule is CCC1CN(c2nnc(SCC(=O)O)n2C(C)C)CCO1. The van der Waals surface area contributed by atoms with Gasteiger partial charge in [-0.1, -0.05) is 18.7 Å². The predicted octanol–water partition coefficient (Wildman–Crippen LogP) is 1.65. The summed E-state index contributed by atoms with van der Waals surface area (Å²) in [6.45, 7) is 8.47. The summed E-state index contributed by atoms with van der Waals surface area (Å²) in [5, 5.41) is 17.9. The molecule has 1 aliphatic rings. The largest absolute Gasteiger partial charge is 0.481 e. The Labute approximate surface area is 128 Å². The summed E-state index contributed by atoms with van der Waals surface area (Å²) < 4.78 is 7.69. The third kappa shape index (κ3) is 3.88. The number of rotatable bonds is 6. The molecular formula is C13H22N4O3S. The Morgan fingerprint density at radius 1 is 1.52 bits per heavy atom. The van der Waals surface area contributed by atoms with Crippen molar-refractivity contribution in [3.8, 4) is 0 Å². The number of carboxylic acid groups (broad SMARTS) is 1. The third-order valence-corrected chi connectivity index (χ3v) is 4.29. The number of aliphatic carboxylic acids is 1. The molecule has 8 heteroatoms. The molecule has 1 aliphatic heterocycles. The number of aromatic nitrogens is 3. The lowest BCUT2D eigenvalue weighted by atomic mass is 10.2. The van der Waals surface area contributed by atoms with Crippen molar-refractivity contribution in [1.29, 1.82) is 0 Å². The minimum Gasteiger partial charge on any atom is -0.481 e. The van der Waals surface area contributed by atoms with Crippen LogP contribution in [0.2, 0.25) is 0 Å². The van der Waals surface area contributed by atoms with Gasteiger partial charge in [-0.3, -0.25) is 9.36 Å². The summed E-state index contributed by atoms with van der Waals surface area (Å²) in [7, 11) is 0. The fraction of sp³-hybridized carbons (Fsp3) is 0.769. The van der Waals surface area contributed by atoms with Crippen LogP contribution in [0.3, 0.4) is 0 Å². The number of carbonyl (C=O) groups is 1. The van der Waals surface area contributed by atoms with Gasteiger partial charge in [0.05, 0.1) is 18.5 Å². The van der Waals surface area contributed by atoms with Crippen molar-refractivity contribution < 1.29 is 14.6 Å². The van der Waals surface area contributed by atoms with E-state index in [1.165, 1.54) is 11.8 Å². The molecule has 2 heterocycles.